The molecule has 0 spiro atoms. The molecule has 0 rings (SSSR count). The summed E-state index contributed by atoms with van der Waals surface area (Å²) in [5.41, 5.74) is 0. The van der Waals surface area contributed by atoms with Crippen LogP contribution in [0.1, 0.15) is 168 Å². The van der Waals surface area contributed by atoms with Gasteiger partial charge in [0, 0.05) is 0 Å². The van der Waals surface area contributed by atoms with E-state index < -0.39 is 0 Å². The average molecular weight is 673 g/mol. The molecule has 0 saturated carbocycles. The summed E-state index contributed by atoms with van der Waals surface area (Å²) >= 11 is 0. The molecule has 0 saturated heterocycles. The largest absolute Gasteiger partial charge is 1.00 e. The van der Waals surface area contributed by atoms with Crippen LogP contribution in [-0.2, 0) is 0 Å². The molecule has 0 aromatic heterocycles. The molecule has 0 bridgehead atoms. The summed E-state index contributed by atoms with van der Waals surface area (Å²) in [5, 5.41) is 0. The fourth-order valence-corrected chi connectivity index (χ4v) is 4.85. The average Bonchev–Trinajstić information content (AvgIpc) is 2.79. The Morgan fingerprint density at radius 1 is 0.263 bits per heavy atom. The van der Waals surface area contributed by atoms with E-state index in [0.717, 1.165) is 8.97 Å². The topological polar surface area (TPSA) is 0 Å². The van der Waals surface area contributed by atoms with Crippen LogP contribution in [0.25, 0.3) is 0 Å². The number of unbranched alkanes of at least 4 members (excludes halogenated alkanes) is 22. The highest BCUT2D eigenvalue weighted by molar-refractivity contribution is 4.49. The third kappa shape index (κ3) is 49.8. The van der Waals surface area contributed by atoms with Crippen LogP contribution >= 0.6 is 0 Å². The van der Waals surface area contributed by atoms with E-state index in [1.165, 1.54) is 167 Å². The standard InChI is InChI=1S/2C17H38N.2BrH/c2*1-5-6-7-8-9-10-11-12-13-14-15-16-17-18(2,3)4;;/h2*5-17H2,1-4H3;2*1H/q2*+1;;/p-2. The molecule has 2 nitrogen and oxygen atoms in total. The van der Waals surface area contributed by atoms with E-state index in [4.69, 9.17) is 0 Å². The molecule has 0 amide bonds. The molecule has 38 heavy (non-hydrogen) atoms. The van der Waals surface area contributed by atoms with E-state index in [0.29, 0.717) is 0 Å². The summed E-state index contributed by atoms with van der Waals surface area (Å²) < 4.78 is 2.25. The minimum absolute atomic E-state index is 0. The molecular weight excluding hydrogens is 596 g/mol. The normalized spacial score (nSPS) is 11.4. The SMILES string of the molecule is CCCCCCCCCCCCCC[N+](C)(C)C.CCCCCCCCCCCCCC[N+](C)(C)C.[Br-].[Br-]. The van der Waals surface area contributed by atoms with Gasteiger partial charge in [0.1, 0.15) is 0 Å². The maximum atomic E-state index is 2.29. The highest BCUT2D eigenvalue weighted by Gasteiger charge is 2.05. The summed E-state index contributed by atoms with van der Waals surface area (Å²) in [6, 6.07) is 0. The predicted molar refractivity (Wildman–Crippen MR) is 168 cm³/mol. The van der Waals surface area contributed by atoms with Crippen molar-refractivity contribution >= 4 is 0 Å². The van der Waals surface area contributed by atoms with Gasteiger partial charge in [-0.1, -0.05) is 142 Å². The molecule has 0 heterocycles. The Morgan fingerprint density at radius 2 is 0.421 bits per heavy atom. The molecule has 0 aliphatic carbocycles. The minimum atomic E-state index is 0. The Morgan fingerprint density at radius 3 is 0.579 bits per heavy atom. The monoisotopic (exact) mass is 670 g/mol. The van der Waals surface area contributed by atoms with Crippen LogP contribution in [0.15, 0.2) is 0 Å². The van der Waals surface area contributed by atoms with E-state index in [2.05, 4.69) is 56.1 Å². The Kier molecular flexibility index (Phi) is 41.1. The van der Waals surface area contributed by atoms with Crippen molar-refractivity contribution in [1.29, 1.82) is 0 Å². The number of hydrogen-bond donors (Lipinski definition) is 0. The van der Waals surface area contributed by atoms with Crippen molar-refractivity contribution in [3.63, 3.8) is 0 Å². The van der Waals surface area contributed by atoms with Crippen molar-refractivity contribution in [2.24, 2.45) is 0 Å². The molecular formula is C34H76Br2N2. The van der Waals surface area contributed by atoms with Crippen LogP contribution in [0, 0.1) is 0 Å². The predicted octanol–water partition coefficient (Wildman–Crippen LogP) is 4.80. The molecule has 0 unspecified atom stereocenters. The molecule has 236 valence electrons. The maximum Gasteiger partial charge on any atom is 0.0780 e. The highest BCUT2D eigenvalue weighted by Crippen LogP contribution is 2.13. The molecule has 0 aromatic carbocycles. The second-order valence-electron chi connectivity index (χ2n) is 13.8. The molecule has 4 heteroatoms. The van der Waals surface area contributed by atoms with Crippen LogP contribution in [0.3, 0.4) is 0 Å². The molecule has 0 aliphatic heterocycles. The van der Waals surface area contributed by atoms with Crippen LogP contribution in [0.2, 0.25) is 0 Å². The van der Waals surface area contributed by atoms with E-state index >= 15 is 0 Å². The zero-order valence-corrected chi connectivity index (χ0v) is 31.2. The second-order valence-corrected chi connectivity index (χ2v) is 13.8. The van der Waals surface area contributed by atoms with Gasteiger partial charge in [0.05, 0.1) is 55.4 Å². The lowest BCUT2D eigenvalue weighted by Gasteiger charge is -2.23. The van der Waals surface area contributed by atoms with E-state index in [1.807, 2.05) is 0 Å². The fraction of sp³-hybridized carbons (Fsp3) is 1.00. The first-order valence-corrected chi connectivity index (χ1v) is 16.7. The van der Waals surface area contributed by atoms with Crippen molar-refractivity contribution in [1.82, 2.24) is 0 Å². The summed E-state index contributed by atoms with van der Waals surface area (Å²) in [4.78, 5) is 0. The fourth-order valence-electron chi connectivity index (χ4n) is 4.85. The summed E-state index contributed by atoms with van der Waals surface area (Å²) in [5.74, 6) is 0. The molecule has 0 fully saturated rings. The summed E-state index contributed by atoms with van der Waals surface area (Å²) in [7, 11) is 13.7. The molecule has 0 radical (unpaired) electrons. The zero-order valence-electron chi connectivity index (χ0n) is 28.0. The van der Waals surface area contributed by atoms with Gasteiger partial charge in [0.2, 0.25) is 0 Å². The van der Waals surface area contributed by atoms with E-state index in [-0.39, 0.29) is 34.0 Å². The lowest BCUT2D eigenvalue weighted by molar-refractivity contribution is -0.870. The second kappa shape index (κ2) is 34.1. The lowest BCUT2D eigenvalue weighted by Crippen LogP contribution is -3.00. The number of quaternary nitrogens is 2. The first-order chi connectivity index (χ1) is 17.1. The van der Waals surface area contributed by atoms with E-state index in [1.54, 1.807) is 0 Å². The Hall–Kier alpha value is 0.880. The zero-order chi connectivity index (χ0) is 27.4. The minimum Gasteiger partial charge on any atom is -1.00 e. The van der Waals surface area contributed by atoms with Gasteiger partial charge in [0.25, 0.3) is 0 Å². The number of rotatable bonds is 26. The Balaban J connectivity index is -0.000000289. The third-order valence-corrected chi connectivity index (χ3v) is 7.36. The van der Waals surface area contributed by atoms with Gasteiger partial charge in [-0.2, -0.15) is 0 Å². The smallest absolute Gasteiger partial charge is 0.0780 e. The van der Waals surface area contributed by atoms with Crippen LogP contribution in [0.4, 0.5) is 0 Å². The van der Waals surface area contributed by atoms with Crippen molar-refractivity contribution in [2.45, 2.75) is 168 Å². The van der Waals surface area contributed by atoms with Crippen molar-refractivity contribution in [2.75, 3.05) is 55.4 Å². The number of halogens is 2. The van der Waals surface area contributed by atoms with Gasteiger partial charge in [-0.15, -0.1) is 0 Å². The van der Waals surface area contributed by atoms with Gasteiger partial charge < -0.3 is 42.9 Å². The van der Waals surface area contributed by atoms with E-state index in [9.17, 15) is 0 Å². The first kappa shape index (κ1) is 45.9. The van der Waals surface area contributed by atoms with Gasteiger partial charge >= 0.3 is 0 Å². The van der Waals surface area contributed by atoms with Crippen molar-refractivity contribution in [3.8, 4) is 0 Å². The maximum absolute atomic E-state index is 2.29. The molecule has 0 aromatic rings. The molecule has 0 N–H and O–H groups in total. The van der Waals surface area contributed by atoms with Crippen LogP contribution in [-0.4, -0.2) is 64.3 Å². The molecule has 0 aliphatic rings. The van der Waals surface area contributed by atoms with Crippen LogP contribution < -0.4 is 34.0 Å². The van der Waals surface area contributed by atoms with Gasteiger partial charge in [-0.05, 0) is 25.7 Å². The summed E-state index contributed by atoms with van der Waals surface area (Å²) in [6.45, 7) is 7.24. The van der Waals surface area contributed by atoms with Crippen molar-refractivity contribution < 1.29 is 42.9 Å². The Bertz CT molecular complexity index is 364. The van der Waals surface area contributed by atoms with Gasteiger partial charge in [-0.25, -0.2) is 0 Å². The first-order valence-electron chi connectivity index (χ1n) is 16.7. The van der Waals surface area contributed by atoms with Gasteiger partial charge in [0.15, 0.2) is 0 Å². The third-order valence-electron chi connectivity index (χ3n) is 7.36. The lowest BCUT2D eigenvalue weighted by atomic mass is 10.1. The van der Waals surface area contributed by atoms with Gasteiger partial charge in [-0.3, -0.25) is 0 Å². The summed E-state index contributed by atoms with van der Waals surface area (Å²) in [6.07, 6.45) is 34.8. The molecule has 0 atom stereocenters. The highest BCUT2D eigenvalue weighted by atomic mass is 79.9. The quantitative estimate of drug-likeness (QED) is 0.0917. The number of hydrogen-bond acceptors (Lipinski definition) is 0. The van der Waals surface area contributed by atoms with Crippen molar-refractivity contribution in [3.05, 3.63) is 0 Å². The Labute approximate surface area is 265 Å². The number of nitrogens with zero attached hydrogens (tertiary/aromatic N) is 2. The van der Waals surface area contributed by atoms with Crippen LogP contribution in [0.5, 0.6) is 0 Å².